The van der Waals surface area contributed by atoms with Crippen molar-refractivity contribution in [2.45, 2.75) is 95.7 Å². The molecule has 0 radical (unpaired) electrons. The summed E-state index contributed by atoms with van der Waals surface area (Å²) in [6, 6.07) is 0.553. The number of hydrogen-bond donors (Lipinski definition) is 5. The molecular formula is C21H37FN6O2. The Morgan fingerprint density at radius 3 is 2.60 bits per heavy atom. The maximum atomic E-state index is 14.2. The van der Waals surface area contributed by atoms with Crippen molar-refractivity contribution >= 4 is 11.9 Å². The zero-order valence-electron chi connectivity index (χ0n) is 18.1. The molecule has 2 aliphatic heterocycles. The summed E-state index contributed by atoms with van der Waals surface area (Å²) in [6.07, 6.45) is 6.96. The quantitative estimate of drug-likeness (QED) is 0.347. The van der Waals surface area contributed by atoms with Crippen molar-refractivity contribution in [1.82, 2.24) is 27.0 Å². The van der Waals surface area contributed by atoms with Gasteiger partial charge in [-0.2, -0.15) is 0 Å². The number of nitrogens with one attached hydrogen (secondary N) is 5. The van der Waals surface area contributed by atoms with Gasteiger partial charge in [-0.05, 0) is 50.9 Å². The summed E-state index contributed by atoms with van der Waals surface area (Å²) < 4.78 is 14.2. The van der Waals surface area contributed by atoms with Gasteiger partial charge >= 0.3 is 0 Å². The molecule has 4 fully saturated rings. The summed E-state index contributed by atoms with van der Waals surface area (Å²) in [4.78, 5) is 22.9. The lowest BCUT2D eigenvalue weighted by Crippen LogP contribution is -2.49. The van der Waals surface area contributed by atoms with Gasteiger partial charge in [0.15, 0.2) is 5.96 Å². The molecule has 5 N–H and O–H groups in total. The van der Waals surface area contributed by atoms with Crippen molar-refractivity contribution in [2.24, 2.45) is 22.7 Å². The highest BCUT2D eigenvalue weighted by atomic mass is 19.1. The second kappa shape index (κ2) is 9.89. The molecule has 170 valence electrons. The van der Waals surface area contributed by atoms with Crippen molar-refractivity contribution in [1.29, 1.82) is 0 Å². The van der Waals surface area contributed by atoms with E-state index in [1.165, 1.54) is 12.8 Å². The molecule has 0 aromatic heterocycles. The highest BCUT2D eigenvalue weighted by Gasteiger charge is 2.37. The van der Waals surface area contributed by atoms with Crippen LogP contribution in [0.4, 0.5) is 4.39 Å². The first-order valence-corrected chi connectivity index (χ1v) is 11.7. The van der Waals surface area contributed by atoms with Crippen LogP contribution < -0.4 is 27.0 Å². The monoisotopic (exact) mass is 424 g/mol. The number of rotatable bonds is 4. The molecule has 7 unspecified atom stereocenters. The van der Waals surface area contributed by atoms with Gasteiger partial charge in [0.25, 0.3) is 0 Å². The molecule has 4 rings (SSSR count). The zero-order chi connectivity index (χ0) is 21.1. The zero-order valence-corrected chi connectivity index (χ0v) is 18.1. The third-order valence-corrected chi connectivity index (χ3v) is 7.32. The molecule has 4 aliphatic rings. The first kappa shape index (κ1) is 21.9. The van der Waals surface area contributed by atoms with E-state index in [1.54, 1.807) is 0 Å². The summed E-state index contributed by atoms with van der Waals surface area (Å²) in [5, 5.41) is 6.45. The number of hydrazine groups is 1. The van der Waals surface area contributed by atoms with Gasteiger partial charge in [0.1, 0.15) is 12.3 Å². The van der Waals surface area contributed by atoms with Crippen molar-refractivity contribution in [3.05, 3.63) is 0 Å². The molecule has 2 heterocycles. The topological polar surface area (TPSA) is 98.8 Å². The minimum Gasteiger partial charge on any atom is -0.353 e. The van der Waals surface area contributed by atoms with E-state index in [4.69, 9.17) is 9.83 Å². The highest BCUT2D eigenvalue weighted by molar-refractivity contribution is 5.98. The average molecular weight is 425 g/mol. The Kier molecular flexibility index (Phi) is 7.23. The highest BCUT2D eigenvalue weighted by Crippen LogP contribution is 2.34. The van der Waals surface area contributed by atoms with E-state index in [9.17, 15) is 9.18 Å². The summed E-state index contributed by atoms with van der Waals surface area (Å²) in [7, 11) is 0. The lowest BCUT2D eigenvalue weighted by Gasteiger charge is -2.32. The predicted octanol–water partition coefficient (Wildman–Crippen LogP) is 1.50. The van der Waals surface area contributed by atoms with Crippen LogP contribution in [0.15, 0.2) is 4.99 Å². The molecule has 2 saturated carbocycles. The predicted molar refractivity (Wildman–Crippen MR) is 113 cm³/mol. The van der Waals surface area contributed by atoms with Crippen LogP contribution in [0.3, 0.4) is 0 Å². The second-order valence-electron chi connectivity index (χ2n) is 9.58. The number of aliphatic imine (C=N–C) groups is 1. The average Bonchev–Trinajstić information content (AvgIpc) is 3.46. The Labute approximate surface area is 178 Å². The van der Waals surface area contributed by atoms with E-state index in [0.29, 0.717) is 30.9 Å². The largest absolute Gasteiger partial charge is 0.353 e. The molecule has 7 atom stereocenters. The summed E-state index contributed by atoms with van der Waals surface area (Å²) in [5.74, 6) is 0.701. The van der Waals surface area contributed by atoms with Gasteiger partial charge < -0.3 is 5.32 Å². The van der Waals surface area contributed by atoms with Crippen LogP contribution >= 0.6 is 0 Å². The van der Waals surface area contributed by atoms with Gasteiger partial charge in [-0.25, -0.2) is 20.3 Å². The van der Waals surface area contributed by atoms with E-state index >= 15 is 0 Å². The number of hydrogen-bond acceptors (Lipinski definition) is 6. The van der Waals surface area contributed by atoms with Crippen LogP contribution in [0.1, 0.15) is 65.2 Å². The van der Waals surface area contributed by atoms with Crippen molar-refractivity contribution < 1.29 is 14.0 Å². The van der Waals surface area contributed by atoms with Crippen molar-refractivity contribution in [3.8, 4) is 0 Å². The Morgan fingerprint density at radius 2 is 1.90 bits per heavy atom. The third-order valence-electron chi connectivity index (χ3n) is 7.32. The number of carbonyl (C=O) groups excluding carboxylic acids is 1. The van der Waals surface area contributed by atoms with Crippen LogP contribution in [0.2, 0.25) is 0 Å². The molecule has 8 nitrogen and oxygen atoms in total. The molecular weight excluding hydrogens is 387 g/mol. The number of hydroxylamine groups is 1. The van der Waals surface area contributed by atoms with Gasteiger partial charge in [0.05, 0.1) is 12.0 Å². The standard InChI is InChI=1S/C21H37FN6O2/c1-12-7-8-14(9-17(12)22)18-10-19(28-27-18)25-21(24-15-5-3-4-6-15)26-20(29)16-11-23-30-13(16)2/h12-19,23,27-28H,3-11H2,1-2H3,(H2,24,25,26,29). The first-order chi connectivity index (χ1) is 14.5. The van der Waals surface area contributed by atoms with Gasteiger partial charge in [0, 0.05) is 25.0 Å². The number of halogens is 1. The minimum absolute atomic E-state index is 0.0826. The van der Waals surface area contributed by atoms with E-state index in [2.05, 4.69) is 27.0 Å². The fourth-order valence-electron chi connectivity index (χ4n) is 5.18. The van der Waals surface area contributed by atoms with Gasteiger partial charge in [-0.15, -0.1) is 0 Å². The smallest absolute Gasteiger partial charge is 0.233 e. The lowest BCUT2D eigenvalue weighted by molar-refractivity contribution is -0.124. The van der Waals surface area contributed by atoms with Crippen LogP contribution in [-0.4, -0.2) is 48.9 Å². The number of amides is 1. The first-order valence-electron chi connectivity index (χ1n) is 11.7. The summed E-state index contributed by atoms with van der Waals surface area (Å²) in [6.45, 7) is 4.39. The molecule has 1 amide bonds. The maximum absolute atomic E-state index is 14.2. The number of carbonyl (C=O) groups is 1. The Hall–Kier alpha value is -1.29. The van der Waals surface area contributed by atoms with Crippen molar-refractivity contribution in [3.63, 3.8) is 0 Å². The van der Waals surface area contributed by atoms with E-state index in [1.807, 2.05) is 13.8 Å². The van der Waals surface area contributed by atoms with Gasteiger partial charge in [-0.1, -0.05) is 19.8 Å². The van der Waals surface area contributed by atoms with E-state index in [-0.39, 0.29) is 36.1 Å². The fourth-order valence-corrected chi connectivity index (χ4v) is 5.18. The normalized spacial score (nSPS) is 40.6. The Bertz CT molecular complexity index is 629. The maximum Gasteiger partial charge on any atom is 0.233 e. The van der Waals surface area contributed by atoms with Crippen molar-refractivity contribution in [2.75, 3.05) is 6.54 Å². The van der Waals surface area contributed by atoms with Crippen LogP contribution in [0.25, 0.3) is 0 Å². The van der Waals surface area contributed by atoms with E-state index in [0.717, 1.165) is 32.1 Å². The minimum atomic E-state index is -0.712. The van der Waals surface area contributed by atoms with Crippen LogP contribution in [0.5, 0.6) is 0 Å². The Balaban J connectivity index is 1.37. The Morgan fingerprint density at radius 1 is 1.10 bits per heavy atom. The molecule has 2 saturated heterocycles. The van der Waals surface area contributed by atoms with E-state index < -0.39 is 6.17 Å². The number of guanidine groups is 1. The fraction of sp³-hybridized carbons (Fsp3) is 0.905. The van der Waals surface area contributed by atoms with Crippen LogP contribution in [0, 0.1) is 17.8 Å². The molecule has 30 heavy (non-hydrogen) atoms. The number of nitrogens with zero attached hydrogens (tertiary/aromatic N) is 1. The van der Waals surface area contributed by atoms with Crippen LogP contribution in [-0.2, 0) is 9.63 Å². The molecule has 0 bridgehead atoms. The SMILES string of the molecule is CC1CCC(C2CC(/N=C(\NC(=O)C3CNOC3C)NC3CCCC3)NN2)CC1F. The van der Waals surface area contributed by atoms with Gasteiger partial charge in [0.2, 0.25) is 5.91 Å². The second-order valence-corrected chi connectivity index (χ2v) is 9.58. The molecule has 0 aromatic rings. The van der Waals surface area contributed by atoms with Gasteiger partial charge in [-0.3, -0.25) is 20.4 Å². The lowest BCUT2D eigenvalue weighted by atomic mass is 9.77. The molecule has 2 aliphatic carbocycles. The summed E-state index contributed by atoms with van der Waals surface area (Å²) in [5.41, 5.74) is 9.38. The third kappa shape index (κ3) is 5.30. The summed E-state index contributed by atoms with van der Waals surface area (Å²) >= 11 is 0. The number of alkyl halides is 1. The molecule has 0 aromatic carbocycles. The molecule has 0 spiro atoms. The molecule has 9 heteroatoms.